The number of amides is 2. The largest absolute Gasteiger partial charge is 0.356 e. The maximum absolute atomic E-state index is 13.7. The number of carbonyl (C=O) groups excluding carboxylic acids is 2. The molecule has 1 saturated carbocycles. The van der Waals surface area contributed by atoms with Gasteiger partial charge in [-0.1, -0.05) is 46.3 Å². The lowest BCUT2D eigenvalue weighted by atomic mass is 9.76. The molecule has 5 nitrogen and oxygen atoms in total. The van der Waals surface area contributed by atoms with Crippen LogP contribution >= 0.6 is 15.9 Å². The van der Waals surface area contributed by atoms with E-state index in [1.807, 2.05) is 47.1 Å². The summed E-state index contributed by atoms with van der Waals surface area (Å²) < 4.78 is 1.02. The van der Waals surface area contributed by atoms with Gasteiger partial charge in [0.15, 0.2) is 5.54 Å². The molecule has 0 unspecified atom stereocenters. The van der Waals surface area contributed by atoms with Crippen molar-refractivity contribution in [1.29, 1.82) is 0 Å². The smallest absolute Gasteiger partial charge is 0.255 e. The first-order valence-electron chi connectivity index (χ1n) is 10.5. The lowest BCUT2D eigenvalue weighted by Crippen LogP contribution is -2.67. The highest BCUT2D eigenvalue weighted by Crippen LogP contribution is 2.49. The SMILES string of the molecule is C[C@]12C(=O)N(C3CC3)CC(=O)N1C[C@@H](c1ccc(Br)cc1)c1c2[nH]c2ccccc12. The highest BCUT2D eigenvalue weighted by molar-refractivity contribution is 9.10. The number of hydrogen-bond donors (Lipinski definition) is 1. The molecule has 3 aromatic rings. The predicted molar refractivity (Wildman–Crippen MR) is 118 cm³/mol. The first-order chi connectivity index (χ1) is 14.5. The van der Waals surface area contributed by atoms with Gasteiger partial charge in [-0.3, -0.25) is 9.59 Å². The second-order valence-electron chi connectivity index (χ2n) is 8.80. The molecule has 2 aliphatic heterocycles. The summed E-state index contributed by atoms with van der Waals surface area (Å²) in [4.78, 5) is 34.2. The molecule has 0 spiro atoms. The summed E-state index contributed by atoms with van der Waals surface area (Å²) in [5.74, 6) is 0.101. The summed E-state index contributed by atoms with van der Waals surface area (Å²) in [7, 11) is 0. The average molecular weight is 464 g/mol. The molecule has 1 saturated heterocycles. The standard InChI is InChI=1S/C24H22BrN3O2/c1-24-22-21(17-4-2-3-5-19(17)26-22)18(14-6-8-15(25)9-7-14)12-28(24)20(29)13-27(23(24)30)16-10-11-16/h2-9,16,18,26H,10-13H2,1H3/t18-,24-/m0/s1. The highest BCUT2D eigenvalue weighted by atomic mass is 79.9. The molecule has 2 amide bonds. The number of benzene rings is 2. The van der Waals surface area contributed by atoms with Crippen molar-refractivity contribution in [2.45, 2.75) is 37.3 Å². The molecule has 6 heteroatoms. The minimum Gasteiger partial charge on any atom is -0.356 e. The summed E-state index contributed by atoms with van der Waals surface area (Å²) >= 11 is 3.52. The number of fused-ring (bicyclic) bond motifs is 5. The van der Waals surface area contributed by atoms with Crippen LogP contribution in [0.1, 0.15) is 42.5 Å². The zero-order valence-electron chi connectivity index (χ0n) is 16.7. The van der Waals surface area contributed by atoms with E-state index in [1.54, 1.807) is 0 Å². The summed E-state index contributed by atoms with van der Waals surface area (Å²) in [6.07, 6.45) is 1.99. The lowest BCUT2D eigenvalue weighted by molar-refractivity contribution is -0.166. The first-order valence-corrected chi connectivity index (χ1v) is 11.3. The maximum atomic E-state index is 13.7. The van der Waals surface area contributed by atoms with Gasteiger partial charge in [0.2, 0.25) is 5.91 Å². The Kier molecular flexibility index (Phi) is 3.76. The Morgan fingerprint density at radius 1 is 1.07 bits per heavy atom. The Bertz CT molecular complexity index is 1200. The Morgan fingerprint density at radius 2 is 1.80 bits per heavy atom. The van der Waals surface area contributed by atoms with E-state index in [4.69, 9.17) is 0 Å². The van der Waals surface area contributed by atoms with Crippen molar-refractivity contribution in [3.05, 3.63) is 69.8 Å². The third-order valence-corrected chi connectivity index (χ3v) is 7.56. The van der Waals surface area contributed by atoms with Crippen molar-refractivity contribution in [3.63, 3.8) is 0 Å². The van der Waals surface area contributed by atoms with Gasteiger partial charge in [0.25, 0.3) is 5.91 Å². The minimum atomic E-state index is -0.988. The van der Waals surface area contributed by atoms with Gasteiger partial charge < -0.3 is 14.8 Å². The fourth-order valence-corrected chi connectivity index (χ4v) is 5.57. The van der Waals surface area contributed by atoms with Crippen LogP contribution in [0, 0.1) is 0 Å². The number of carbonyl (C=O) groups is 2. The number of nitrogens with zero attached hydrogens (tertiary/aromatic N) is 2. The van der Waals surface area contributed by atoms with E-state index in [-0.39, 0.29) is 30.3 Å². The molecule has 1 aliphatic carbocycles. The van der Waals surface area contributed by atoms with E-state index in [0.29, 0.717) is 6.54 Å². The van der Waals surface area contributed by atoms with Crippen LogP contribution in [0.25, 0.3) is 10.9 Å². The van der Waals surface area contributed by atoms with Crippen molar-refractivity contribution < 1.29 is 9.59 Å². The van der Waals surface area contributed by atoms with Gasteiger partial charge >= 0.3 is 0 Å². The van der Waals surface area contributed by atoms with Crippen LogP contribution in [0.5, 0.6) is 0 Å². The fourth-order valence-electron chi connectivity index (χ4n) is 5.31. The Hall–Kier alpha value is -2.60. The van der Waals surface area contributed by atoms with Crippen LogP contribution < -0.4 is 0 Å². The minimum absolute atomic E-state index is 0.0153. The van der Waals surface area contributed by atoms with Crippen molar-refractivity contribution in [1.82, 2.24) is 14.8 Å². The molecule has 3 aliphatic rings. The van der Waals surface area contributed by atoms with Crippen LogP contribution in [0.2, 0.25) is 0 Å². The highest BCUT2D eigenvalue weighted by Gasteiger charge is 2.58. The van der Waals surface area contributed by atoms with Gasteiger partial charge in [-0.25, -0.2) is 0 Å². The van der Waals surface area contributed by atoms with Crippen LogP contribution in [0.15, 0.2) is 53.0 Å². The molecule has 3 heterocycles. The summed E-state index contributed by atoms with van der Waals surface area (Å²) in [6, 6.07) is 16.7. The number of aromatic nitrogens is 1. The van der Waals surface area contributed by atoms with Crippen molar-refractivity contribution in [3.8, 4) is 0 Å². The third-order valence-electron chi connectivity index (χ3n) is 7.03. The van der Waals surface area contributed by atoms with E-state index in [2.05, 4.69) is 39.1 Å². The number of hydrogen-bond acceptors (Lipinski definition) is 2. The first kappa shape index (κ1) is 18.2. The van der Waals surface area contributed by atoms with Crippen LogP contribution in [-0.4, -0.2) is 45.7 Å². The van der Waals surface area contributed by atoms with Gasteiger partial charge in [0, 0.05) is 33.9 Å². The average Bonchev–Trinajstić information content (AvgIpc) is 3.51. The summed E-state index contributed by atoms with van der Waals surface area (Å²) in [6.45, 7) is 2.63. The second kappa shape index (κ2) is 6.20. The maximum Gasteiger partial charge on any atom is 0.255 e. The Balaban J connectivity index is 1.60. The molecule has 0 bridgehead atoms. The summed E-state index contributed by atoms with van der Waals surface area (Å²) in [5.41, 5.74) is 3.18. The lowest BCUT2D eigenvalue weighted by Gasteiger charge is -2.51. The topological polar surface area (TPSA) is 56.4 Å². The van der Waals surface area contributed by atoms with Gasteiger partial charge in [-0.2, -0.15) is 0 Å². The van der Waals surface area contributed by atoms with Crippen LogP contribution in [-0.2, 0) is 15.1 Å². The molecular formula is C24H22BrN3O2. The normalized spacial score (nSPS) is 26.1. The number of piperazine rings is 1. The monoisotopic (exact) mass is 463 g/mol. The number of halogens is 1. The summed E-state index contributed by atoms with van der Waals surface area (Å²) in [5, 5.41) is 1.13. The number of aromatic amines is 1. The molecule has 152 valence electrons. The zero-order valence-corrected chi connectivity index (χ0v) is 18.3. The Labute approximate surface area is 183 Å². The van der Waals surface area contributed by atoms with E-state index >= 15 is 0 Å². The van der Waals surface area contributed by atoms with E-state index in [0.717, 1.165) is 45.0 Å². The molecule has 2 fully saturated rings. The van der Waals surface area contributed by atoms with Gasteiger partial charge in [-0.15, -0.1) is 0 Å². The quantitative estimate of drug-likeness (QED) is 0.621. The zero-order chi connectivity index (χ0) is 20.6. The number of H-pyrrole nitrogens is 1. The van der Waals surface area contributed by atoms with Crippen molar-refractivity contribution in [2.24, 2.45) is 0 Å². The molecule has 1 N–H and O–H groups in total. The van der Waals surface area contributed by atoms with E-state index < -0.39 is 5.54 Å². The number of para-hydroxylation sites is 1. The molecule has 6 rings (SSSR count). The van der Waals surface area contributed by atoms with Crippen molar-refractivity contribution in [2.75, 3.05) is 13.1 Å². The molecule has 2 aromatic carbocycles. The molecular weight excluding hydrogens is 442 g/mol. The molecule has 0 radical (unpaired) electrons. The van der Waals surface area contributed by atoms with E-state index in [9.17, 15) is 9.59 Å². The Morgan fingerprint density at radius 3 is 2.53 bits per heavy atom. The number of rotatable bonds is 2. The molecule has 30 heavy (non-hydrogen) atoms. The second-order valence-corrected chi connectivity index (χ2v) is 9.72. The van der Waals surface area contributed by atoms with E-state index in [1.165, 1.54) is 0 Å². The fraction of sp³-hybridized carbons (Fsp3) is 0.333. The van der Waals surface area contributed by atoms with Gasteiger partial charge in [-0.05, 0) is 49.1 Å². The van der Waals surface area contributed by atoms with Crippen LogP contribution in [0.3, 0.4) is 0 Å². The van der Waals surface area contributed by atoms with Gasteiger partial charge in [0.1, 0.15) is 6.54 Å². The van der Waals surface area contributed by atoms with Crippen LogP contribution in [0.4, 0.5) is 0 Å². The number of nitrogens with one attached hydrogen (secondary N) is 1. The molecule has 2 atom stereocenters. The van der Waals surface area contributed by atoms with Crippen molar-refractivity contribution >= 4 is 38.6 Å². The third kappa shape index (κ3) is 2.40. The molecule has 1 aromatic heterocycles. The van der Waals surface area contributed by atoms with Gasteiger partial charge in [0.05, 0.1) is 5.69 Å². The predicted octanol–water partition coefficient (Wildman–Crippen LogP) is 4.12.